The average molecular weight is 449 g/mol. The fraction of sp³-hybridized carbons (Fsp3) is 0.211. The van der Waals surface area contributed by atoms with Gasteiger partial charge < -0.3 is 19.5 Å². The second-order valence-corrected chi connectivity index (χ2v) is 8.36. The number of hydrogen-bond donors (Lipinski definition) is 3. The molecule has 2 amide bonds. The first-order valence-corrected chi connectivity index (χ1v) is 11.2. The predicted octanol–water partition coefficient (Wildman–Crippen LogP) is 3.89. The SMILES string of the molecule is CN(C(=O)CNC=O)C(Cc1ccc(NSO)cc1)c1csc(-c2cccs2)n1. The predicted molar refractivity (Wildman–Crippen MR) is 119 cm³/mol. The summed E-state index contributed by atoms with van der Waals surface area (Å²) in [6.45, 7) is -0.0605. The van der Waals surface area contributed by atoms with Crippen LogP contribution in [-0.4, -0.2) is 40.3 Å². The van der Waals surface area contributed by atoms with Crippen molar-refractivity contribution in [3.63, 3.8) is 0 Å². The smallest absolute Gasteiger partial charge is 0.242 e. The zero-order chi connectivity index (χ0) is 20.6. The van der Waals surface area contributed by atoms with E-state index in [0.717, 1.165) is 26.8 Å². The molecule has 0 saturated heterocycles. The number of rotatable bonds is 10. The minimum atomic E-state index is -0.271. The highest BCUT2D eigenvalue weighted by Gasteiger charge is 2.24. The second-order valence-electron chi connectivity index (χ2n) is 6.17. The molecule has 0 radical (unpaired) electrons. The van der Waals surface area contributed by atoms with E-state index in [-0.39, 0.29) is 18.5 Å². The van der Waals surface area contributed by atoms with Crippen molar-refractivity contribution in [2.45, 2.75) is 12.5 Å². The summed E-state index contributed by atoms with van der Waals surface area (Å²) in [6, 6.07) is 11.4. The van der Waals surface area contributed by atoms with Crippen LogP contribution in [0.3, 0.4) is 0 Å². The zero-order valence-corrected chi connectivity index (χ0v) is 18.0. The molecule has 3 rings (SSSR count). The Morgan fingerprint density at radius 2 is 2.10 bits per heavy atom. The lowest BCUT2D eigenvalue weighted by Gasteiger charge is -2.27. The molecule has 1 atom stereocenters. The Morgan fingerprint density at radius 1 is 1.31 bits per heavy atom. The van der Waals surface area contributed by atoms with E-state index in [2.05, 4.69) is 10.0 Å². The Balaban J connectivity index is 1.85. The molecule has 0 bridgehead atoms. The summed E-state index contributed by atoms with van der Waals surface area (Å²) in [7, 11) is 1.72. The quantitative estimate of drug-likeness (QED) is 0.247. The number of hydrogen-bond acceptors (Lipinski definition) is 8. The molecule has 2 aromatic heterocycles. The van der Waals surface area contributed by atoms with Crippen molar-refractivity contribution < 1.29 is 14.1 Å². The number of anilines is 1. The maximum absolute atomic E-state index is 12.5. The van der Waals surface area contributed by atoms with Gasteiger partial charge in [0.1, 0.15) is 17.2 Å². The minimum Gasteiger partial charge on any atom is -0.350 e. The zero-order valence-electron chi connectivity index (χ0n) is 15.6. The fourth-order valence-corrected chi connectivity index (χ4v) is 4.73. The van der Waals surface area contributed by atoms with Crippen molar-refractivity contribution in [2.75, 3.05) is 18.3 Å². The Hall–Kier alpha value is -2.40. The molecule has 1 aromatic carbocycles. The number of likely N-dealkylation sites (N-methyl/N-ethyl adjacent to an activating group) is 1. The minimum absolute atomic E-state index is 0.0605. The van der Waals surface area contributed by atoms with E-state index in [0.29, 0.717) is 25.1 Å². The summed E-state index contributed by atoms with van der Waals surface area (Å²) in [4.78, 5) is 30.6. The number of thiazole rings is 1. The molecular weight excluding hydrogens is 428 g/mol. The van der Waals surface area contributed by atoms with Crippen LogP contribution in [0.2, 0.25) is 0 Å². The summed E-state index contributed by atoms with van der Waals surface area (Å²) in [6.07, 6.45) is 1.09. The van der Waals surface area contributed by atoms with E-state index in [1.54, 1.807) is 34.6 Å². The topological polar surface area (TPSA) is 94.6 Å². The van der Waals surface area contributed by atoms with Gasteiger partial charge in [-0.15, -0.1) is 22.7 Å². The van der Waals surface area contributed by atoms with Crippen molar-refractivity contribution in [3.8, 4) is 9.88 Å². The highest BCUT2D eigenvalue weighted by molar-refractivity contribution is 7.95. The highest BCUT2D eigenvalue weighted by atomic mass is 32.2. The Morgan fingerprint density at radius 3 is 2.76 bits per heavy atom. The number of nitrogens with zero attached hydrogens (tertiary/aromatic N) is 2. The van der Waals surface area contributed by atoms with Gasteiger partial charge in [-0.25, -0.2) is 4.98 Å². The normalized spacial score (nSPS) is 11.7. The molecule has 10 heteroatoms. The molecule has 0 aliphatic carbocycles. The van der Waals surface area contributed by atoms with E-state index in [4.69, 9.17) is 9.54 Å². The van der Waals surface area contributed by atoms with Gasteiger partial charge in [0.2, 0.25) is 12.3 Å². The van der Waals surface area contributed by atoms with Crippen molar-refractivity contribution >= 4 is 52.9 Å². The van der Waals surface area contributed by atoms with E-state index < -0.39 is 0 Å². The van der Waals surface area contributed by atoms with Crippen LogP contribution in [0.15, 0.2) is 47.2 Å². The van der Waals surface area contributed by atoms with Gasteiger partial charge in [-0.05, 0) is 35.6 Å². The third-order valence-electron chi connectivity index (χ3n) is 4.34. The van der Waals surface area contributed by atoms with Gasteiger partial charge in [0.05, 0.1) is 23.2 Å². The van der Waals surface area contributed by atoms with E-state index in [1.165, 1.54) is 0 Å². The molecule has 2 heterocycles. The molecule has 29 heavy (non-hydrogen) atoms. The molecule has 0 aliphatic rings. The molecule has 3 aromatic rings. The number of benzene rings is 1. The summed E-state index contributed by atoms with van der Waals surface area (Å²) >= 11 is 3.72. The van der Waals surface area contributed by atoms with Crippen LogP contribution in [0.4, 0.5) is 5.69 Å². The summed E-state index contributed by atoms with van der Waals surface area (Å²) < 4.78 is 11.7. The Labute approximate surface area is 181 Å². The van der Waals surface area contributed by atoms with Crippen LogP contribution < -0.4 is 10.0 Å². The van der Waals surface area contributed by atoms with Gasteiger partial charge >= 0.3 is 0 Å². The maximum atomic E-state index is 12.5. The monoisotopic (exact) mass is 448 g/mol. The summed E-state index contributed by atoms with van der Waals surface area (Å²) in [5, 5.41) is 7.34. The van der Waals surface area contributed by atoms with Crippen molar-refractivity contribution in [1.29, 1.82) is 0 Å². The van der Waals surface area contributed by atoms with Crippen LogP contribution in [0.25, 0.3) is 9.88 Å². The van der Waals surface area contributed by atoms with Crippen molar-refractivity contribution in [2.24, 2.45) is 0 Å². The first-order chi connectivity index (χ1) is 14.1. The molecule has 0 aliphatic heterocycles. The number of thiophene rings is 1. The summed E-state index contributed by atoms with van der Waals surface area (Å²) in [5.74, 6) is -0.192. The van der Waals surface area contributed by atoms with Crippen molar-refractivity contribution in [3.05, 3.63) is 58.4 Å². The van der Waals surface area contributed by atoms with Gasteiger partial charge in [0.25, 0.3) is 0 Å². The number of amides is 2. The van der Waals surface area contributed by atoms with E-state index in [9.17, 15) is 9.59 Å². The molecule has 0 spiro atoms. The van der Waals surface area contributed by atoms with E-state index in [1.807, 2.05) is 47.2 Å². The first kappa shape index (κ1) is 21.3. The number of aromatic nitrogens is 1. The fourth-order valence-electron chi connectivity index (χ4n) is 2.80. The van der Waals surface area contributed by atoms with Crippen LogP contribution in [0, 0.1) is 0 Å². The lowest BCUT2D eigenvalue weighted by Crippen LogP contribution is -2.38. The summed E-state index contributed by atoms with van der Waals surface area (Å²) in [5.41, 5.74) is 2.62. The van der Waals surface area contributed by atoms with Crippen LogP contribution in [0.5, 0.6) is 0 Å². The molecule has 152 valence electrons. The van der Waals surface area contributed by atoms with Crippen LogP contribution in [-0.2, 0) is 16.0 Å². The standard InChI is InChI=1S/C19H20N4O3S3/c1-23(18(25)10-20-12-24)16(9-13-4-6-14(7-5-13)22-29-26)15-11-28-19(21-15)17-3-2-8-27-17/h2-8,11-12,16,22,26H,9-10H2,1H3,(H,20,24). The third-order valence-corrected chi connectivity index (χ3v) is 6.57. The van der Waals surface area contributed by atoms with Gasteiger partial charge in [0.15, 0.2) is 0 Å². The van der Waals surface area contributed by atoms with Gasteiger partial charge in [-0.1, -0.05) is 18.2 Å². The lowest BCUT2D eigenvalue weighted by atomic mass is 10.0. The maximum Gasteiger partial charge on any atom is 0.242 e. The Bertz CT molecular complexity index is 929. The second kappa shape index (κ2) is 10.4. The van der Waals surface area contributed by atoms with Crippen LogP contribution >= 0.6 is 34.9 Å². The number of carbonyl (C=O) groups is 2. The molecule has 0 saturated carbocycles. The third kappa shape index (κ3) is 5.57. The first-order valence-electron chi connectivity index (χ1n) is 8.69. The molecule has 0 fully saturated rings. The lowest BCUT2D eigenvalue weighted by molar-refractivity contribution is -0.132. The molecule has 3 N–H and O–H groups in total. The Kier molecular flexibility index (Phi) is 7.64. The van der Waals surface area contributed by atoms with Crippen molar-refractivity contribution in [1.82, 2.24) is 15.2 Å². The highest BCUT2D eigenvalue weighted by Crippen LogP contribution is 2.32. The number of nitrogens with one attached hydrogen (secondary N) is 2. The number of carbonyl (C=O) groups excluding carboxylic acids is 2. The van der Waals surface area contributed by atoms with Gasteiger partial charge in [0, 0.05) is 18.1 Å². The van der Waals surface area contributed by atoms with Gasteiger partial charge in [-0.3, -0.25) is 9.59 Å². The van der Waals surface area contributed by atoms with Crippen LogP contribution in [0.1, 0.15) is 17.3 Å². The largest absolute Gasteiger partial charge is 0.350 e. The molecule has 7 nitrogen and oxygen atoms in total. The molecule has 1 unspecified atom stereocenters. The average Bonchev–Trinajstić information content (AvgIpc) is 3.43. The van der Waals surface area contributed by atoms with Gasteiger partial charge in [-0.2, -0.15) is 0 Å². The van der Waals surface area contributed by atoms with E-state index >= 15 is 0 Å². The molecular formula is C19H20N4O3S3.